The van der Waals surface area contributed by atoms with Crippen LogP contribution in [0.15, 0.2) is 36.9 Å². The van der Waals surface area contributed by atoms with Crippen molar-refractivity contribution in [1.29, 1.82) is 0 Å². The molecule has 0 radical (unpaired) electrons. The number of anilines is 1. The fourth-order valence-electron chi connectivity index (χ4n) is 3.47. The molecule has 1 aromatic carbocycles. The van der Waals surface area contributed by atoms with E-state index in [9.17, 15) is 22.9 Å². The molecule has 2 aliphatic heterocycles. The summed E-state index contributed by atoms with van der Waals surface area (Å²) in [5.74, 6) is -0.615. The van der Waals surface area contributed by atoms with Crippen molar-refractivity contribution in [2.24, 2.45) is 5.92 Å². The van der Waals surface area contributed by atoms with E-state index in [0.29, 0.717) is 38.3 Å². The summed E-state index contributed by atoms with van der Waals surface area (Å²) in [7, 11) is 0. The van der Waals surface area contributed by atoms with Gasteiger partial charge in [0.25, 0.3) is 0 Å². The Balaban J connectivity index is 1.76. The Hall–Kier alpha value is -2.78. The van der Waals surface area contributed by atoms with Crippen LogP contribution >= 0.6 is 0 Å². The first-order valence-corrected chi connectivity index (χ1v) is 8.51. The highest BCUT2D eigenvalue weighted by Gasteiger charge is 2.47. The van der Waals surface area contributed by atoms with Gasteiger partial charge in [-0.3, -0.25) is 4.79 Å². The maximum Gasteiger partial charge on any atom is 0.573 e. The number of nitrogens with one attached hydrogen (secondary N) is 1. The second kappa shape index (κ2) is 7.45. The van der Waals surface area contributed by atoms with Crippen molar-refractivity contribution < 1.29 is 27.6 Å². The van der Waals surface area contributed by atoms with Crippen LogP contribution < -0.4 is 15.0 Å². The summed E-state index contributed by atoms with van der Waals surface area (Å²) in [5, 5.41) is 4.42. The van der Waals surface area contributed by atoms with Crippen LogP contribution in [0.4, 0.5) is 18.9 Å². The Morgan fingerprint density at radius 2 is 2.04 bits per heavy atom. The molecule has 2 aliphatic rings. The molecule has 2 saturated heterocycles. The Labute approximate surface area is 153 Å². The number of carbonyl (C=O) groups is 1. The Morgan fingerprint density at radius 3 is 2.67 bits per heavy atom. The van der Waals surface area contributed by atoms with Crippen LogP contribution in [0.25, 0.3) is 0 Å². The largest absolute Gasteiger partial charge is 0.573 e. The molecule has 0 saturated carbocycles. The highest BCUT2D eigenvalue weighted by molar-refractivity contribution is 5.86. The van der Waals surface area contributed by atoms with E-state index >= 15 is 0 Å². The number of alkyl halides is 3. The minimum Gasteiger partial charge on any atom is -0.406 e. The number of hydrazine groups is 1. The van der Waals surface area contributed by atoms with Gasteiger partial charge in [0.15, 0.2) is 6.17 Å². The Kier molecular flexibility index (Phi) is 5.24. The van der Waals surface area contributed by atoms with E-state index in [-0.39, 0.29) is 23.7 Å². The maximum atomic E-state index is 12.3. The monoisotopic (exact) mass is 385 g/mol. The van der Waals surface area contributed by atoms with Crippen molar-refractivity contribution in [1.82, 2.24) is 10.3 Å². The van der Waals surface area contributed by atoms with Crippen LogP contribution in [0.3, 0.4) is 0 Å². The number of benzene rings is 1. The van der Waals surface area contributed by atoms with Crippen LogP contribution in [0.2, 0.25) is 0 Å². The number of fused-ring (bicyclic) bond motifs is 1. The molecular formula is C17H20F3N4O3+. The fourth-order valence-corrected chi connectivity index (χ4v) is 3.47. The van der Waals surface area contributed by atoms with Crippen molar-refractivity contribution in [2.75, 3.05) is 31.1 Å². The van der Waals surface area contributed by atoms with Gasteiger partial charge in [-0.2, -0.15) is 0 Å². The summed E-state index contributed by atoms with van der Waals surface area (Å²) in [6.45, 7) is 5.18. The molecule has 146 valence electrons. The van der Waals surface area contributed by atoms with Gasteiger partial charge in [0, 0.05) is 24.7 Å². The topological polar surface area (TPSA) is 64.9 Å². The quantitative estimate of drug-likeness (QED) is 0.621. The van der Waals surface area contributed by atoms with E-state index in [1.54, 1.807) is 5.01 Å². The molecule has 0 aliphatic carbocycles. The average molecular weight is 385 g/mol. The second-order valence-electron chi connectivity index (χ2n) is 6.48. The molecule has 27 heavy (non-hydrogen) atoms. The molecule has 1 aromatic rings. The van der Waals surface area contributed by atoms with E-state index in [0.717, 1.165) is 4.87 Å². The Morgan fingerprint density at radius 1 is 1.33 bits per heavy atom. The molecule has 2 fully saturated rings. The first kappa shape index (κ1) is 19.0. The lowest BCUT2D eigenvalue weighted by Gasteiger charge is -2.40. The van der Waals surface area contributed by atoms with Crippen molar-refractivity contribution >= 4 is 11.6 Å². The third-order valence-corrected chi connectivity index (χ3v) is 4.62. The number of amides is 1. The van der Waals surface area contributed by atoms with Crippen LogP contribution in [0, 0.1) is 10.8 Å². The first-order chi connectivity index (χ1) is 12.8. The second-order valence-corrected chi connectivity index (χ2v) is 6.48. The summed E-state index contributed by atoms with van der Waals surface area (Å²) in [4.78, 5) is 26.4. The fraction of sp³-hybridized carbons (Fsp3) is 0.471. The van der Waals surface area contributed by atoms with Crippen molar-refractivity contribution in [3.8, 4) is 5.75 Å². The van der Waals surface area contributed by atoms with Crippen LogP contribution in [0.1, 0.15) is 6.42 Å². The number of hydrogen-bond donors (Lipinski definition) is 1. The number of nitroso groups, excluding NO2 is 1. The molecule has 1 N–H and O–H groups in total. The smallest absolute Gasteiger partial charge is 0.406 e. The minimum absolute atomic E-state index is 0.0224. The molecule has 0 aromatic heterocycles. The van der Waals surface area contributed by atoms with Gasteiger partial charge in [-0.1, -0.05) is 6.58 Å². The van der Waals surface area contributed by atoms with Crippen molar-refractivity contribution in [3.63, 3.8) is 0 Å². The van der Waals surface area contributed by atoms with Gasteiger partial charge in [0.2, 0.25) is 12.5 Å². The third kappa shape index (κ3) is 4.50. The molecule has 2 unspecified atom stereocenters. The zero-order valence-corrected chi connectivity index (χ0v) is 14.5. The number of halogens is 3. The van der Waals surface area contributed by atoms with Crippen LogP contribution in [0.5, 0.6) is 5.75 Å². The molecular weight excluding hydrogens is 365 g/mol. The zero-order valence-electron chi connectivity index (χ0n) is 14.5. The van der Waals surface area contributed by atoms with E-state index in [4.69, 9.17) is 0 Å². The minimum atomic E-state index is -4.74. The normalized spacial score (nSPS) is 22.4. The van der Waals surface area contributed by atoms with E-state index in [2.05, 4.69) is 16.6 Å². The summed E-state index contributed by atoms with van der Waals surface area (Å²) in [6.07, 6.45) is -3.11. The predicted octanol–water partition coefficient (Wildman–Crippen LogP) is 2.05. The lowest BCUT2D eigenvalue weighted by atomic mass is 10.0. The molecule has 10 heteroatoms. The van der Waals surface area contributed by atoms with E-state index in [1.807, 2.05) is 4.90 Å². The highest BCUT2D eigenvalue weighted by atomic mass is 19.4. The molecule has 7 nitrogen and oxygen atoms in total. The number of hydrogen-bond acceptors (Lipinski definition) is 4. The summed E-state index contributed by atoms with van der Waals surface area (Å²) in [6, 6.07) is 5.58. The molecule has 0 spiro atoms. The lowest BCUT2D eigenvalue weighted by Crippen LogP contribution is -2.57. The third-order valence-electron chi connectivity index (χ3n) is 4.62. The zero-order chi connectivity index (χ0) is 19.6. The van der Waals surface area contributed by atoms with Crippen molar-refractivity contribution in [2.45, 2.75) is 18.9 Å². The average Bonchev–Trinajstić information content (AvgIpc) is 2.99. The first-order valence-electron chi connectivity index (χ1n) is 8.51. The molecule has 2 heterocycles. The Bertz CT molecular complexity index is 723. The molecule has 1 amide bonds. The van der Waals surface area contributed by atoms with E-state index in [1.165, 1.54) is 30.3 Å². The maximum absolute atomic E-state index is 12.3. The number of carbonyl (C=O) groups excluding carboxylic acids is 1. The highest BCUT2D eigenvalue weighted by Crippen LogP contribution is 2.32. The molecule has 3 rings (SSSR count). The van der Waals surface area contributed by atoms with Crippen LogP contribution in [-0.4, -0.2) is 54.5 Å². The predicted molar refractivity (Wildman–Crippen MR) is 90.8 cm³/mol. The van der Waals surface area contributed by atoms with Crippen LogP contribution in [-0.2, 0) is 4.79 Å². The summed E-state index contributed by atoms with van der Waals surface area (Å²) in [5.41, 5.74) is 0.689. The lowest BCUT2D eigenvalue weighted by molar-refractivity contribution is -0.692. The van der Waals surface area contributed by atoms with Gasteiger partial charge >= 0.3 is 6.36 Å². The number of rotatable bonds is 5. The summed E-state index contributed by atoms with van der Waals surface area (Å²) >= 11 is 0. The number of ether oxygens (including phenoxy) is 1. The SMILES string of the molecule is C=CC(=O)NCC1CN(c2ccc(OC(F)(F)F)cc2)C2CC[N+](=O)N2C1. The van der Waals surface area contributed by atoms with Gasteiger partial charge in [0.1, 0.15) is 10.6 Å². The number of nitrogens with zero attached hydrogens (tertiary/aromatic N) is 3. The molecule has 0 bridgehead atoms. The van der Waals surface area contributed by atoms with Gasteiger partial charge < -0.3 is 15.0 Å². The van der Waals surface area contributed by atoms with Gasteiger partial charge in [-0.15, -0.1) is 18.2 Å². The van der Waals surface area contributed by atoms with Gasteiger partial charge in [-0.25, -0.2) is 0 Å². The standard InChI is InChI=1S/C17H19F3N4O3/c1-2-15(25)21-9-12-10-22(16-7-8-24(26)23(16)11-12)13-3-5-14(6-4-13)27-17(18,19)20/h2-6,12,16H,1,7-11H2/p+1. The van der Waals surface area contributed by atoms with E-state index < -0.39 is 6.36 Å². The van der Waals surface area contributed by atoms with Gasteiger partial charge in [-0.05, 0) is 30.3 Å². The molecule has 2 atom stereocenters. The van der Waals surface area contributed by atoms with Gasteiger partial charge in [0.05, 0.1) is 17.9 Å². The summed E-state index contributed by atoms with van der Waals surface area (Å²) < 4.78 is 40.9. The van der Waals surface area contributed by atoms with Crippen molar-refractivity contribution in [3.05, 3.63) is 41.8 Å².